The third kappa shape index (κ3) is 3.85. The molecule has 0 bridgehead atoms. The molecule has 33 heavy (non-hydrogen) atoms. The second kappa shape index (κ2) is 8.33. The highest BCUT2D eigenvalue weighted by Crippen LogP contribution is 2.33. The van der Waals surface area contributed by atoms with E-state index in [0.717, 1.165) is 15.8 Å². The number of alkyl halides is 2. The summed E-state index contributed by atoms with van der Waals surface area (Å²) in [6, 6.07) is 4.52. The van der Waals surface area contributed by atoms with E-state index in [2.05, 4.69) is 35.8 Å². The van der Waals surface area contributed by atoms with Gasteiger partial charge in [-0.05, 0) is 25.1 Å². The fourth-order valence-electron chi connectivity index (χ4n) is 3.33. The topological polar surface area (TPSA) is 119 Å². The first-order valence-corrected chi connectivity index (χ1v) is 10.7. The van der Waals surface area contributed by atoms with Gasteiger partial charge in [0, 0.05) is 6.20 Å². The molecule has 0 unspecified atom stereocenters. The summed E-state index contributed by atoms with van der Waals surface area (Å²) < 4.78 is 30.3. The van der Waals surface area contributed by atoms with E-state index in [1.54, 1.807) is 29.8 Å². The lowest BCUT2D eigenvalue weighted by atomic mass is 10.2. The minimum absolute atomic E-state index is 0.177. The first-order chi connectivity index (χ1) is 15.9. The highest BCUT2D eigenvalue weighted by molar-refractivity contribution is 7.19. The van der Waals surface area contributed by atoms with Gasteiger partial charge in [0.2, 0.25) is 0 Å². The molecule has 0 radical (unpaired) electrons. The number of fused-ring (bicyclic) bond motifs is 1. The third-order valence-electron chi connectivity index (χ3n) is 4.89. The summed E-state index contributed by atoms with van der Waals surface area (Å²) in [6.45, 7) is 1.74. The molecule has 5 rings (SSSR count). The van der Waals surface area contributed by atoms with E-state index < -0.39 is 24.1 Å². The normalized spacial score (nSPS) is 12.5. The Hall–Kier alpha value is -3.71. The molecule has 0 aliphatic heterocycles. The number of hydrogen-bond donors (Lipinski definition) is 2. The van der Waals surface area contributed by atoms with Gasteiger partial charge in [-0.1, -0.05) is 16.8 Å². The van der Waals surface area contributed by atoms with Gasteiger partial charge in [-0.15, -0.1) is 16.4 Å². The first kappa shape index (κ1) is 21.2. The van der Waals surface area contributed by atoms with Crippen LogP contribution in [-0.4, -0.2) is 45.5 Å². The van der Waals surface area contributed by atoms with Crippen LogP contribution in [0.3, 0.4) is 0 Å². The number of carbonyl (C=O) groups excluding carboxylic acids is 1. The molecule has 1 atom stereocenters. The predicted octanol–water partition coefficient (Wildman–Crippen LogP) is 3.84. The van der Waals surface area contributed by atoms with Gasteiger partial charge in [-0.3, -0.25) is 14.3 Å². The lowest BCUT2D eigenvalue weighted by molar-refractivity contribution is 0.0938. The fraction of sp³-hybridized carbons (Fsp3) is 0.158. The molecule has 5 aromatic heterocycles. The summed E-state index contributed by atoms with van der Waals surface area (Å²) in [5.74, 6) is 0.0158. The summed E-state index contributed by atoms with van der Waals surface area (Å²) >= 11 is 7.41. The van der Waals surface area contributed by atoms with Crippen LogP contribution < -0.4 is 5.32 Å². The van der Waals surface area contributed by atoms with Crippen molar-refractivity contribution in [1.29, 1.82) is 0 Å². The molecular formula is C19H14ClF2N9OS. The number of H-pyrrole nitrogens is 1. The molecule has 5 aromatic rings. The minimum atomic E-state index is -2.82. The van der Waals surface area contributed by atoms with Crippen LogP contribution in [0.4, 0.5) is 8.78 Å². The smallest absolute Gasteiger partial charge is 0.282 e. The number of rotatable bonds is 6. The molecule has 2 N–H and O–H groups in total. The third-order valence-corrected chi connectivity index (χ3v) is 6.15. The predicted molar refractivity (Wildman–Crippen MR) is 116 cm³/mol. The monoisotopic (exact) mass is 489 g/mol. The van der Waals surface area contributed by atoms with Gasteiger partial charge >= 0.3 is 0 Å². The van der Waals surface area contributed by atoms with Crippen molar-refractivity contribution in [3.63, 3.8) is 0 Å². The highest BCUT2D eigenvalue weighted by atomic mass is 35.5. The molecule has 10 nitrogen and oxygen atoms in total. The number of amides is 1. The first-order valence-electron chi connectivity index (χ1n) is 9.54. The Morgan fingerprint density at radius 1 is 1.27 bits per heavy atom. The maximum Gasteiger partial charge on any atom is 0.282 e. The largest absolute Gasteiger partial charge is 0.342 e. The van der Waals surface area contributed by atoms with Crippen molar-refractivity contribution in [3.05, 3.63) is 64.5 Å². The molecule has 0 aromatic carbocycles. The molecule has 0 spiro atoms. The molecule has 0 aliphatic rings. The Balaban J connectivity index is 1.66. The summed E-state index contributed by atoms with van der Waals surface area (Å²) in [5.41, 5.74) is 0.910. The second-order valence-electron chi connectivity index (χ2n) is 6.99. The molecule has 0 fully saturated rings. The van der Waals surface area contributed by atoms with Crippen LogP contribution >= 0.6 is 22.9 Å². The zero-order valence-corrected chi connectivity index (χ0v) is 18.3. The molecule has 0 aliphatic carbocycles. The van der Waals surface area contributed by atoms with Crippen molar-refractivity contribution >= 4 is 34.5 Å². The van der Waals surface area contributed by atoms with Crippen LogP contribution in [0.2, 0.25) is 4.34 Å². The lowest BCUT2D eigenvalue weighted by Crippen LogP contribution is -2.28. The van der Waals surface area contributed by atoms with Crippen molar-refractivity contribution in [3.8, 4) is 16.3 Å². The lowest BCUT2D eigenvalue weighted by Gasteiger charge is -2.14. The second-order valence-corrected chi connectivity index (χ2v) is 8.71. The van der Waals surface area contributed by atoms with E-state index >= 15 is 0 Å². The van der Waals surface area contributed by atoms with Crippen molar-refractivity contribution in [2.75, 3.05) is 0 Å². The van der Waals surface area contributed by atoms with Crippen LogP contribution in [0.1, 0.15) is 41.3 Å². The van der Waals surface area contributed by atoms with Gasteiger partial charge in [0.15, 0.2) is 5.65 Å². The van der Waals surface area contributed by atoms with Gasteiger partial charge in [0.1, 0.15) is 23.5 Å². The molecular weight excluding hydrogens is 476 g/mol. The minimum Gasteiger partial charge on any atom is -0.342 e. The average Bonchev–Trinajstić information content (AvgIpc) is 3.59. The summed E-state index contributed by atoms with van der Waals surface area (Å²) in [5, 5.41) is 16.7. The zero-order valence-electron chi connectivity index (χ0n) is 16.8. The standard InChI is InChI=1S/C19H14ClF2N9OS/c1-9(17-24-8-26-28-17)27-19(32)10-4-11(31-13(16(21)22)6-25-29-31)18-23-5-12(30(18)7-10)14-2-3-15(20)33-14/h2-9,16H,1H3,(H,27,32)(H,24,26,28)/t9-/m0/s1. The number of hydrogen-bond acceptors (Lipinski definition) is 7. The number of aromatic amines is 1. The molecule has 0 saturated heterocycles. The summed E-state index contributed by atoms with van der Waals surface area (Å²) in [6.07, 6.45) is 2.65. The average molecular weight is 490 g/mol. The molecule has 5 heterocycles. The van der Waals surface area contributed by atoms with Crippen LogP contribution in [-0.2, 0) is 0 Å². The Bertz CT molecular complexity index is 1440. The Kier molecular flexibility index (Phi) is 5.34. The SMILES string of the molecule is C[C@H](NC(=O)c1cc(-n2nncc2C(F)F)c2ncc(-c3ccc(Cl)s3)n2c1)c1ncn[nH]1. The molecule has 0 saturated carbocycles. The fourth-order valence-corrected chi connectivity index (χ4v) is 4.38. The van der Waals surface area contributed by atoms with Crippen molar-refractivity contribution in [2.24, 2.45) is 0 Å². The van der Waals surface area contributed by atoms with Crippen LogP contribution in [0.25, 0.3) is 21.9 Å². The number of aromatic nitrogens is 8. The number of pyridine rings is 1. The van der Waals surface area contributed by atoms with E-state index in [9.17, 15) is 13.6 Å². The van der Waals surface area contributed by atoms with Gasteiger partial charge in [-0.25, -0.2) is 23.4 Å². The van der Waals surface area contributed by atoms with E-state index in [0.29, 0.717) is 21.5 Å². The number of halogens is 3. The van der Waals surface area contributed by atoms with Crippen molar-refractivity contribution < 1.29 is 13.6 Å². The van der Waals surface area contributed by atoms with Crippen LogP contribution in [0.5, 0.6) is 0 Å². The van der Waals surface area contributed by atoms with Gasteiger partial charge in [0.05, 0.1) is 38.9 Å². The number of nitrogens with one attached hydrogen (secondary N) is 2. The molecule has 14 heteroatoms. The number of nitrogens with zero attached hydrogens (tertiary/aromatic N) is 7. The summed E-state index contributed by atoms with van der Waals surface area (Å²) in [7, 11) is 0. The molecule has 168 valence electrons. The van der Waals surface area contributed by atoms with Crippen LogP contribution in [0, 0.1) is 0 Å². The Labute approximate surface area is 193 Å². The zero-order chi connectivity index (χ0) is 23.1. The van der Waals surface area contributed by atoms with Gasteiger partial charge in [-0.2, -0.15) is 5.10 Å². The Morgan fingerprint density at radius 2 is 2.12 bits per heavy atom. The summed E-state index contributed by atoms with van der Waals surface area (Å²) in [4.78, 5) is 22.3. The highest BCUT2D eigenvalue weighted by Gasteiger charge is 2.23. The van der Waals surface area contributed by atoms with E-state index in [-0.39, 0.29) is 11.3 Å². The number of imidazole rings is 1. The van der Waals surface area contributed by atoms with Crippen molar-refractivity contribution in [2.45, 2.75) is 19.4 Å². The maximum absolute atomic E-state index is 13.6. The van der Waals surface area contributed by atoms with Crippen molar-refractivity contribution in [1.82, 2.24) is 44.9 Å². The molecule has 1 amide bonds. The Morgan fingerprint density at radius 3 is 2.82 bits per heavy atom. The maximum atomic E-state index is 13.6. The number of thiophene rings is 1. The van der Waals surface area contributed by atoms with E-state index in [4.69, 9.17) is 11.6 Å². The van der Waals surface area contributed by atoms with Gasteiger partial charge < -0.3 is 5.32 Å². The van der Waals surface area contributed by atoms with Crippen LogP contribution in [0.15, 0.2) is 43.1 Å². The quantitative estimate of drug-likeness (QED) is 0.374. The number of carbonyl (C=O) groups is 1. The van der Waals surface area contributed by atoms with E-state index in [1.807, 2.05) is 6.07 Å². The van der Waals surface area contributed by atoms with Gasteiger partial charge in [0.25, 0.3) is 12.3 Å². The van der Waals surface area contributed by atoms with E-state index in [1.165, 1.54) is 23.7 Å².